The number of amides is 1. The second-order valence-electron chi connectivity index (χ2n) is 6.38. The van der Waals surface area contributed by atoms with Crippen molar-refractivity contribution >= 4 is 15.9 Å². The Morgan fingerprint density at radius 1 is 1.08 bits per heavy atom. The number of hydrogen-bond donors (Lipinski definition) is 2. The Hall–Kier alpha value is -2.18. The third kappa shape index (κ3) is 5.41. The third-order valence-electron chi connectivity index (χ3n) is 3.79. The molecule has 0 heterocycles. The minimum Gasteiger partial charge on any atom is -0.348 e. The molecule has 0 aromatic heterocycles. The minimum atomic E-state index is -3.62. The summed E-state index contributed by atoms with van der Waals surface area (Å²) >= 11 is 0. The summed E-state index contributed by atoms with van der Waals surface area (Å²) in [7, 11) is -3.62. The van der Waals surface area contributed by atoms with E-state index in [0.29, 0.717) is 18.7 Å². The quantitative estimate of drug-likeness (QED) is 0.797. The van der Waals surface area contributed by atoms with Crippen LogP contribution in [0.4, 0.5) is 0 Å². The number of hydrogen-bond acceptors (Lipinski definition) is 3. The third-order valence-corrected chi connectivity index (χ3v) is 5.21. The van der Waals surface area contributed by atoms with E-state index in [0.717, 1.165) is 11.1 Å². The van der Waals surface area contributed by atoms with Gasteiger partial charge in [0.15, 0.2) is 0 Å². The molecule has 0 bridgehead atoms. The van der Waals surface area contributed by atoms with E-state index in [-0.39, 0.29) is 16.7 Å². The van der Waals surface area contributed by atoms with Crippen LogP contribution in [0.15, 0.2) is 53.4 Å². The summed E-state index contributed by atoms with van der Waals surface area (Å²) in [5, 5.41) is 2.83. The van der Waals surface area contributed by atoms with Crippen LogP contribution in [0.3, 0.4) is 0 Å². The Balaban J connectivity index is 2.10. The highest BCUT2D eigenvalue weighted by molar-refractivity contribution is 7.89. The van der Waals surface area contributed by atoms with Crippen LogP contribution in [-0.2, 0) is 16.6 Å². The van der Waals surface area contributed by atoms with Crippen molar-refractivity contribution in [1.82, 2.24) is 10.0 Å². The fraction of sp³-hybridized carbons (Fsp3) is 0.316. The van der Waals surface area contributed by atoms with Gasteiger partial charge in [0.25, 0.3) is 5.91 Å². The zero-order valence-electron chi connectivity index (χ0n) is 14.7. The van der Waals surface area contributed by atoms with Crippen molar-refractivity contribution in [1.29, 1.82) is 0 Å². The molecule has 134 valence electrons. The summed E-state index contributed by atoms with van der Waals surface area (Å²) in [6.45, 7) is 6.59. The van der Waals surface area contributed by atoms with E-state index in [9.17, 15) is 13.2 Å². The van der Waals surface area contributed by atoms with Crippen molar-refractivity contribution in [3.8, 4) is 0 Å². The van der Waals surface area contributed by atoms with E-state index in [1.807, 2.05) is 45.0 Å². The SMILES string of the molecule is Cc1ccccc1CNC(=O)c1cccc(S(=O)(=O)NCC(C)C)c1. The lowest BCUT2D eigenvalue weighted by Crippen LogP contribution is -2.28. The monoisotopic (exact) mass is 360 g/mol. The summed E-state index contributed by atoms with van der Waals surface area (Å²) in [6.07, 6.45) is 0. The molecule has 2 N–H and O–H groups in total. The molecule has 0 aliphatic carbocycles. The fourth-order valence-corrected chi connectivity index (χ4v) is 3.51. The molecular weight excluding hydrogens is 336 g/mol. The average Bonchev–Trinajstić information content (AvgIpc) is 2.59. The van der Waals surface area contributed by atoms with Crippen LogP contribution < -0.4 is 10.0 Å². The summed E-state index contributed by atoms with van der Waals surface area (Å²) in [6, 6.07) is 13.9. The first-order chi connectivity index (χ1) is 11.8. The Labute approximate surface area is 149 Å². The molecular formula is C19H24N2O3S. The average molecular weight is 360 g/mol. The number of sulfonamides is 1. The summed E-state index contributed by atoms with van der Waals surface area (Å²) in [5.41, 5.74) is 2.44. The molecule has 25 heavy (non-hydrogen) atoms. The second kappa shape index (κ2) is 8.27. The Morgan fingerprint density at radius 2 is 1.80 bits per heavy atom. The van der Waals surface area contributed by atoms with E-state index in [1.165, 1.54) is 12.1 Å². The van der Waals surface area contributed by atoms with Gasteiger partial charge < -0.3 is 5.32 Å². The molecule has 0 saturated heterocycles. The van der Waals surface area contributed by atoms with Gasteiger partial charge >= 0.3 is 0 Å². The van der Waals surface area contributed by atoms with E-state index in [1.54, 1.807) is 12.1 Å². The number of nitrogens with one attached hydrogen (secondary N) is 2. The maximum absolute atomic E-state index is 12.3. The highest BCUT2D eigenvalue weighted by atomic mass is 32.2. The standard InChI is InChI=1S/C19H24N2O3S/c1-14(2)12-21-25(23,24)18-10-6-9-16(11-18)19(22)20-13-17-8-5-4-7-15(17)3/h4-11,14,21H,12-13H2,1-3H3,(H,20,22). The molecule has 0 atom stereocenters. The summed E-state index contributed by atoms with van der Waals surface area (Å²) in [4.78, 5) is 12.4. The molecule has 5 nitrogen and oxygen atoms in total. The van der Waals surface area contributed by atoms with E-state index in [4.69, 9.17) is 0 Å². The predicted molar refractivity (Wildman–Crippen MR) is 98.8 cm³/mol. The number of benzene rings is 2. The van der Waals surface area contributed by atoms with E-state index in [2.05, 4.69) is 10.0 Å². The lowest BCUT2D eigenvalue weighted by atomic mass is 10.1. The molecule has 0 spiro atoms. The molecule has 0 aliphatic rings. The van der Waals surface area contributed by atoms with E-state index >= 15 is 0 Å². The molecule has 0 unspecified atom stereocenters. The van der Waals surface area contributed by atoms with Crippen LogP contribution >= 0.6 is 0 Å². The predicted octanol–water partition coefficient (Wildman–Crippen LogP) is 2.86. The maximum atomic E-state index is 12.3. The van der Waals surface area contributed by atoms with Crippen molar-refractivity contribution in [2.24, 2.45) is 5.92 Å². The first-order valence-electron chi connectivity index (χ1n) is 8.22. The summed E-state index contributed by atoms with van der Waals surface area (Å²) in [5.74, 6) is -0.0977. The van der Waals surface area contributed by atoms with Gasteiger partial charge in [-0.15, -0.1) is 0 Å². The highest BCUT2D eigenvalue weighted by Gasteiger charge is 2.16. The first kappa shape index (κ1) is 19.1. The lowest BCUT2D eigenvalue weighted by molar-refractivity contribution is 0.0950. The van der Waals surface area contributed by atoms with Crippen molar-refractivity contribution in [2.75, 3.05) is 6.54 Å². The number of rotatable bonds is 7. The second-order valence-corrected chi connectivity index (χ2v) is 8.15. The topological polar surface area (TPSA) is 75.3 Å². The Kier molecular flexibility index (Phi) is 6.33. The zero-order valence-corrected chi connectivity index (χ0v) is 15.6. The van der Waals surface area contributed by atoms with Crippen LogP contribution in [-0.4, -0.2) is 20.9 Å². The van der Waals surface area contributed by atoms with Crippen molar-refractivity contribution < 1.29 is 13.2 Å². The fourth-order valence-electron chi connectivity index (χ4n) is 2.25. The van der Waals surface area contributed by atoms with Gasteiger partial charge in [-0.2, -0.15) is 0 Å². The first-order valence-corrected chi connectivity index (χ1v) is 9.70. The van der Waals surface area contributed by atoms with Gasteiger partial charge in [-0.05, 0) is 42.2 Å². The van der Waals surface area contributed by atoms with Crippen LogP contribution in [0.25, 0.3) is 0 Å². The molecule has 0 aliphatic heterocycles. The van der Waals surface area contributed by atoms with Gasteiger partial charge in [0.05, 0.1) is 4.90 Å². The molecule has 1 amide bonds. The largest absolute Gasteiger partial charge is 0.348 e. The van der Waals surface area contributed by atoms with Gasteiger partial charge in [-0.25, -0.2) is 13.1 Å². The lowest BCUT2D eigenvalue weighted by Gasteiger charge is -2.11. The zero-order chi connectivity index (χ0) is 18.4. The van der Waals surface area contributed by atoms with E-state index < -0.39 is 10.0 Å². The Morgan fingerprint density at radius 3 is 2.48 bits per heavy atom. The van der Waals surface area contributed by atoms with Crippen molar-refractivity contribution in [3.63, 3.8) is 0 Å². The van der Waals surface area contributed by atoms with Crippen molar-refractivity contribution in [3.05, 3.63) is 65.2 Å². The summed E-state index contributed by atoms with van der Waals surface area (Å²) < 4.78 is 27.1. The highest BCUT2D eigenvalue weighted by Crippen LogP contribution is 2.13. The van der Waals surface area contributed by atoms with Crippen molar-refractivity contribution in [2.45, 2.75) is 32.2 Å². The number of carbonyl (C=O) groups excluding carboxylic acids is 1. The molecule has 0 saturated carbocycles. The smallest absolute Gasteiger partial charge is 0.251 e. The molecule has 6 heteroatoms. The molecule has 2 rings (SSSR count). The molecule has 0 fully saturated rings. The van der Waals surface area contributed by atoms with Gasteiger partial charge in [0.1, 0.15) is 0 Å². The van der Waals surface area contributed by atoms with Crippen LogP contribution in [0.1, 0.15) is 35.3 Å². The molecule has 2 aromatic carbocycles. The van der Waals surface area contributed by atoms with Crippen LogP contribution in [0.2, 0.25) is 0 Å². The van der Waals surface area contributed by atoms with Gasteiger partial charge in [-0.3, -0.25) is 4.79 Å². The van der Waals surface area contributed by atoms with Crippen LogP contribution in [0.5, 0.6) is 0 Å². The minimum absolute atomic E-state index is 0.0942. The van der Waals surface area contributed by atoms with Gasteiger partial charge in [0.2, 0.25) is 10.0 Å². The molecule has 0 radical (unpaired) electrons. The normalized spacial score (nSPS) is 11.5. The maximum Gasteiger partial charge on any atom is 0.251 e. The van der Waals surface area contributed by atoms with Gasteiger partial charge in [0, 0.05) is 18.7 Å². The van der Waals surface area contributed by atoms with Crippen LogP contribution in [0, 0.1) is 12.8 Å². The number of carbonyl (C=O) groups is 1. The number of aryl methyl sites for hydroxylation is 1. The van der Waals surface area contributed by atoms with Gasteiger partial charge in [-0.1, -0.05) is 44.2 Å². The Bertz CT molecular complexity index is 845. The molecule has 2 aromatic rings.